The van der Waals surface area contributed by atoms with E-state index < -0.39 is 0 Å². The van der Waals surface area contributed by atoms with E-state index in [0.717, 1.165) is 26.2 Å². The number of nitrogens with one attached hydrogen (secondary N) is 1. The highest BCUT2D eigenvalue weighted by molar-refractivity contribution is 5.70. The van der Waals surface area contributed by atoms with Crippen molar-refractivity contribution in [2.45, 2.75) is 26.3 Å². The second kappa shape index (κ2) is 5.98. The van der Waals surface area contributed by atoms with Crippen LogP contribution in [0, 0.1) is 0 Å². The molecule has 0 aromatic heterocycles. The fraction of sp³-hybridized carbons (Fsp3) is 0.900. The number of nitrogens with zero attached hydrogens (tertiary/aromatic N) is 1. The van der Waals surface area contributed by atoms with E-state index in [1.165, 1.54) is 0 Å². The van der Waals surface area contributed by atoms with Crippen molar-refractivity contribution in [1.29, 1.82) is 0 Å². The number of hydrogen-bond donors (Lipinski definition) is 1. The highest BCUT2D eigenvalue weighted by Gasteiger charge is 2.19. The van der Waals surface area contributed by atoms with Gasteiger partial charge >= 0.3 is 5.97 Å². The van der Waals surface area contributed by atoms with Crippen LogP contribution in [0.2, 0.25) is 0 Å². The molecule has 0 bridgehead atoms. The van der Waals surface area contributed by atoms with Gasteiger partial charge in [0.25, 0.3) is 0 Å². The van der Waals surface area contributed by atoms with Gasteiger partial charge in [-0.2, -0.15) is 0 Å². The van der Waals surface area contributed by atoms with E-state index in [9.17, 15) is 4.79 Å². The first-order chi connectivity index (χ1) is 6.74. The Morgan fingerprint density at radius 1 is 1.50 bits per heavy atom. The Kier molecular flexibility index (Phi) is 4.90. The van der Waals surface area contributed by atoms with Crippen LogP contribution in [0.15, 0.2) is 0 Å². The summed E-state index contributed by atoms with van der Waals surface area (Å²) in [6.07, 6.45) is 0.508. The summed E-state index contributed by atoms with van der Waals surface area (Å²) in [5.41, 5.74) is 0. The molecule has 0 radical (unpaired) electrons. The SMILES string of the molecule is CCOC(=O)CC(C)N1CCNCC1. The van der Waals surface area contributed by atoms with E-state index in [1.807, 2.05) is 6.92 Å². The molecule has 0 saturated carbocycles. The summed E-state index contributed by atoms with van der Waals surface area (Å²) in [6.45, 7) is 8.50. The van der Waals surface area contributed by atoms with Crippen molar-refractivity contribution in [2.75, 3.05) is 32.8 Å². The summed E-state index contributed by atoms with van der Waals surface area (Å²) >= 11 is 0. The van der Waals surface area contributed by atoms with Crippen molar-refractivity contribution in [3.05, 3.63) is 0 Å². The average molecular weight is 200 g/mol. The number of piperazine rings is 1. The molecule has 4 nitrogen and oxygen atoms in total. The van der Waals surface area contributed by atoms with Crippen molar-refractivity contribution < 1.29 is 9.53 Å². The highest BCUT2D eigenvalue weighted by Crippen LogP contribution is 2.05. The van der Waals surface area contributed by atoms with E-state index in [1.54, 1.807) is 0 Å². The van der Waals surface area contributed by atoms with Crippen LogP contribution in [0.25, 0.3) is 0 Å². The smallest absolute Gasteiger partial charge is 0.307 e. The number of carbonyl (C=O) groups excluding carboxylic acids is 1. The summed E-state index contributed by atoms with van der Waals surface area (Å²) in [5, 5.41) is 3.29. The quantitative estimate of drug-likeness (QED) is 0.660. The number of carbonyl (C=O) groups is 1. The predicted molar refractivity (Wildman–Crippen MR) is 55.2 cm³/mol. The summed E-state index contributed by atoms with van der Waals surface area (Å²) in [5.74, 6) is -0.0847. The minimum absolute atomic E-state index is 0.0847. The van der Waals surface area contributed by atoms with Crippen LogP contribution in [-0.2, 0) is 9.53 Å². The van der Waals surface area contributed by atoms with Gasteiger partial charge in [-0.1, -0.05) is 0 Å². The van der Waals surface area contributed by atoms with E-state index in [2.05, 4.69) is 17.1 Å². The molecule has 1 aliphatic heterocycles. The molecule has 1 aliphatic rings. The van der Waals surface area contributed by atoms with Crippen LogP contribution in [-0.4, -0.2) is 49.7 Å². The zero-order chi connectivity index (χ0) is 10.4. The molecule has 1 saturated heterocycles. The number of hydrogen-bond acceptors (Lipinski definition) is 4. The summed E-state index contributed by atoms with van der Waals surface area (Å²) in [4.78, 5) is 13.6. The Hall–Kier alpha value is -0.610. The van der Waals surface area contributed by atoms with Crippen molar-refractivity contribution in [3.63, 3.8) is 0 Å². The Labute approximate surface area is 85.6 Å². The topological polar surface area (TPSA) is 41.6 Å². The molecule has 1 unspecified atom stereocenters. The van der Waals surface area contributed by atoms with E-state index in [-0.39, 0.29) is 5.97 Å². The molecule has 1 atom stereocenters. The van der Waals surface area contributed by atoms with Crippen LogP contribution >= 0.6 is 0 Å². The monoisotopic (exact) mass is 200 g/mol. The van der Waals surface area contributed by atoms with Gasteiger partial charge in [-0.3, -0.25) is 9.69 Å². The minimum atomic E-state index is -0.0847. The molecule has 0 spiro atoms. The van der Waals surface area contributed by atoms with Gasteiger partial charge in [-0.15, -0.1) is 0 Å². The first-order valence-corrected chi connectivity index (χ1v) is 5.34. The average Bonchev–Trinajstić information content (AvgIpc) is 2.19. The predicted octanol–water partition coefficient (Wildman–Crippen LogP) is 0.233. The van der Waals surface area contributed by atoms with Crippen LogP contribution in [0.4, 0.5) is 0 Å². The molecular weight excluding hydrogens is 180 g/mol. The lowest BCUT2D eigenvalue weighted by atomic mass is 10.2. The van der Waals surface area contributed by atoms with Crippen LogP contribution in [0.5, 0.6) is 0 Å². The van der Waals surface area contributed by atoms with Crippen LogP contribution in [0.3, 0.4) is 0 Å². The lowest BCUT2D eigenvalue weighted by Gasteiger charge is -2.32. The van der Waals surface area contributed by atoms with Gasteiger partial charge in [0.2, 0.25) is 0 Å². The zero-order valence-corrected chi connectivity index (χ0v) is 9.08. The van der Waals surface area contributed by atoms with Crippen molar-refractivity contribution >= 4 is 5.97 Å². The van der Waals surface area contributed by atoms with Gasteiger partial charge < -0.3 is 10.1 Å². The van der Waals surface area contributed by atoms with Crippen LogP contribution < -0.4 is 5.32 Å². The van der Waals surface area contributed by atoms with Gasteiger partial charge in [-0.05, 0) is 13.8 Å². The zero-order valence-electron chi connectivity index (χ0n) is 9.08. The fourth-order valence-electron chi connectivity index (χ4n) is 1.71. The Morgan fingerprint density at radius 3 is 2.71 bits per heavy atom. The molecule has 0 aromatic rings. The molecule has 0 amide bonds. The van der Waals surface area contributed by atoms with Gasteiger partial charge in [0.1, 0.15) is 0 Å². The maximum atomic E-state index is 11.2. The van der Waals surface area contributed by atoms with Crippen molar-refractivity contribution in [3.8, 4) is 0 Å². The van der Waals surface area contributed by atoms with Crippen molar-refractivity contribution in [1.82, 2.24) is 10.2 Å². The second-order valence-corrected chi connectivity index (χ2v) is 3.64. The lowest BCUT2D eigenvalue weighted by Crippen LogP contribution is -2.48. The molecule has 1 rings (SSSR count). The molecule has 0 aromatic carbocycles. The van der Waals surface area contributed by atoms with Crippen molar-refractivity contribution in [2.24, 2.45) is 0 Å². The second-order valence-electron chi connectivity index (χ2n) is 3.64. The first-order valence-electron chi connectivity index (χ1n) is 5.34. The molecule has 1 N–H and O–H groups in total. The lowest BCUT2D eigenvalue weighted by molar-refractivity contribution is -0.144. The third-order valence-corrected chi connectivity index (χ3v) is 2.54. The van der Waals surface area contributed by atoms with Gasteiger partial charge in [-0.25, -0.2) is 0 Å². The number of ether oxygens (including phenoxy) is 1. The van der Waals surface area contributed by atoms with Gasteiger partial charge in [0.05, 0.1) is 13.0 Å². The molecule has 1 heterocycles. The third-order valence-electron chi connectivity index (χ3n) is 2.54. The summed E-state index contributed by atoms with van der Waals surface area (Å²) in [7, 11) is 0. The van der Waals surface area contributed by atoms with E-state index >= 15 is 0 Å². The molecule has 82 valence electrons. The standard InChI is InChI=1S/C10H20N2O2/c1-3-14-10(13)8-9(2)12-6-4-11-5-7-12/h9,11H,3-8H2,1-2H3. The maximum absolute atomic E-state index is 11.2. The summed E-state index contributed by atoms with van der Waals surface area (Å²) in [6, 6.07) is 0.302. The first kappa shape index (κ1) is 11.5. The fourth-order valence-corrected chi connectivity index (χ4v) is 1.71. The third kappa shape index (κ3) is 3.64. The van der Waals surface area contributed by atoms with Crippen LogP contribution in [0.1, 0.15) is 20.3 Å². The van der Waals surface area contributed by atoms with E-state index in [0.29, 0.717) is 19.1 Å². The Bertz CT molecular complexity index is 179. The molecular formula is C10H20N2O2. The van der Waals surface area contributed by atoms with E-state index in [4.69, 9.17) is 4.74 Å². The maximum Gasteiger partial charge on any atom is 0.307 e. The Morgan fingerprint density at radius 2 is 2.14 bits per heavy atom. The minimum Gasteiger partial charge on any atom is -0.466 e. The normalized spacial score (nSPS) is 20.4. The number of esters is 1. The number of rotatable bonds is 4. The Balaban J connectivity index is 2.25. The molecule has 14 heavy (non-hydrogen) atoms. The highest BCUT2D eigenvalue weighted by atomic mass is 16.5. The molecule has 4 heteroatoms. The molecule has 1 fully saturated rings. The van der Waals surface area contributed by atoms with Gasteiger partial charge in [0.15, 0.2) is 0 Å². The largest absolute Gasteiger partial charge is 0.466 e. The molecule has 0 aliphatic carbocycles. The summed E-state index contributed by atoms with van der Waals surface area (Å²) < 4.78 is 4.92. The van der Waals surface area contributed by atoms with Gasteiger partial charge in [0, 0.05) is 32.2 Å².